The second kappa shape index (κ2) is 8.41. The Labute approximate surface area is 137 Å². The van der Waals surface area contributed by atoms with Gasteiger partial charge in [-0.3, -0.25) is 4.79 Å². The zero-order valence-corrected chi connectivity index (χ0v) is 13.6. The molecule has 0 spiro atoms. The van der Waals surface area contributed by atoms with Gasteiger partial charge in [0.25, 0.3) is 5.91 Å². The minimum Gasteiger partial charge on any atom is -0.356 e. The van der Waals surface area contributed by atoms with Crippen LogP contribution in [0.15, 0.2) is 18.3 Å². The molecule has 3 rings (SSSR count). The first-order valence-electron chi connectivity index (χ1n) is 7.06. The summed E-state index contributed by atoms with van der Waals surface area (Å²) in [7, 11) is 0. The minimum absolute atomic E-state index is 0. The van der Waals surface area contributed by atoms with E-state index in [0.717, 1.165) is 50.6 Å². The molecule has 2 fully saturated rings. The number of carbonyl (C=O) groups excluding carboxylic acids is 1. The van der Waals surface area contributed by atoms with E-state index in [-0.39, 0.29) is 30.7 Å². The van der Waals surface area contributed by atoms with Crippen molar-refractivity contribution < 1.29 is 4.79 Å². The molecule has 0 bridgehead atoms. The van der Waals surface area contributed by atoms with Gasteiger partial charge < -0.3 is 15.1 Å². The molecule has 1 aromatic rings. The molecule has 5 nitrogen and oxygen atoms in total. The molecule has 2 aliphatic rings. The van der Waals surface area contributed by atoms with Crippen molar-refractivity contribution in [3.63, 3.8) is 0 Å². The highest BCUT2D eigenvalue weighted by Crippen LogP contribution is 2.23. The van der Waals surface area contributed by atoms with Crippen LogP contribution >= 0.6 is 24.8 Å². The number of amides is 1. The van der Waals surface area contributed by atoms with E-state index >= 15 is 0 Å². The zero-order chi connectivity index (χ0) is 13.1. The van der Waals surface area contributed by atoms with E-state index < -0.39 is 0 Å². The Hall–Kier alpha value is -1.04. The molecule has 1 amide bonds. The highest BCUT2D eigenvalue weighted by Gasteiger charge is 2.24. The fourth-order valence-corrected chi connectivity index (χ4v) is 2.78. The van der Waals surface area contributed by atoms with Crippen LogP contribution < -0.4 is 10.2 Å². The van der Waals surface area contributed by atoms with Gasteiger partial charge in [0.15, 0.2) is 0 Å². The van der Waals surface area contributed by atoms with Crippen LogP contribution in [0.2, 0.25) is 0 Å². The quantitative estimate of drug-likeness (QED) is 0.893. The molecule has 3 heterocycles. The number of rotatable bonds is 2. The van der Waals surface area contributed by atoms with Gasteiger partial charge >= 0.3 is 0 Å². The summed E-state index contributed by atoms with van der Waals surface area (Å²) in [5, 5.41) is 3.27. The first-order valence-corrected chi connectivity index (χ1v) is 7.06. The lowest BCUT2D eigenvalue weighted by molar-refractivity contribution is 0.0736. The summed E-state index contributed by atoms with van der Waals surface area (Å²) < 4.78 is 0. The Morgan fingerprint density at radius 3 is 2.43 bits per heavy atom. The van der Waals surface area contributed by atoms with Crippen molar-refractivity contribution in [3.05, 3.63) is 23.9 Å². The molecule has 21 heavy (non-hydrogen) atoms. The standard InChI is InChI=1S/C14H20N4O.2ClH/c19-14(18-10-6-15-7-11-18)12-4-3-5-16-13(12)17-8-1-2-9-17;;/h3-5,15H,1-2,6-11H2;2*1H. The van der Waals surface area contributed by atoms with E-state index in [9.17, 15) is 4.79 Å². The largest absolute Gasteiger partial charge is 0.356 e. The van der Waals surface area contributed by atoms with Crippen LogP contribution in [0.4, 0.5) is 5.82 Å². The van der Waals surface area contributed by atoms with E-state index in [1.165, 1.54) is 12.8 Å². The maximum Gasteiger partial charge on any atom is 0.257 e. The summed E-state index contributed by atoms with van der Waals surface area (Å²) in [5.74, 6) is 0.986. The molecule has 0 aliphatic carbocycles. The van der Waals surface area contributed by atoms with Crippen molar-refractivity contribution >= 4 is 36.5 Å². The number of hydrogen-bond acceptors (Lipinski definition) is 4. The lowest BCUT2D eigenvalue weighted by Gasteiger charge is -2.29. The molecule has 118 valence electrons. The van der Waals surface area contributed by atoms with Crippen LogP contribution in [-0.4, -0.2) is 55.1 Å². The molecular weight excluding hydrogens is 311 g/mol. The Morgan fingerprint density at radius 1 is 1.10 bits per heavy atom. The summed E-state index contributed by atoms with van der Waals surface area (Å²) in [6, 6.07) is 3.76. The fourth-order valence-electron chi connectivity index (χ4n) is 2.78. The predicted molar refractivity (Wildman–Crippen MR) is 89.0 cm³/mol. The maximum absolute atomic E-state index is 12.6. The Balaban J connectivity index is 0.00000110. The summed E-state index contributed by atoms with van der Waals surface area (Å²) >= 11 is 0. The summed E-state index contributed by atoms with van der Waals surface area (Å²) in [6.45, 7) is 5.36. The van der Waals surface area contributed by atoms with Gasteiger partial charge in [0.2, 0.25) is 0 Å². The third-order valence-electron chi connectivity index (χ3n) is 3.83. The van der Waals surface area contributed by atoms with Crippen LogP contribution in [0.3, 0.4) is 0 Å². The highest BCUT2D eigenvalue weighted by molar-refractivity contribution is 5.99. The Kier molecular flexibility index (Phi) is 7.22. The number of halogens is 2. The number of nitrogens with zero attached hydrogens (tertiary/aromatic N) is 3. The Bertz CT molecular complexity index is 460. The molecule has 0 aromatic carbocycles. The van der Waals surface area contributed by atoms with E-state index in [1.807, 2.05) is 17.0 Å². The van der Waals surface area contributed by atoms with Crippen LogP contribution in [0.1, 0.15) is 23.2 Å². The van der Waals surface area contributed by atoms with E-state index in [4.69, 9.17) is 0 Å². The SMILES string of the molecule is Cl.Cl.O=C(c1cccnc1N1CCCC1)N1CCNCC1. The van der Waals surface area contributed by atoms with Crippen LogP contribution in [0.5, 0.6) is 0 Å². The van der Waals surface area contributed by atoms with Crippen molar-refractivity contribution in [1.82, 2.24) is 15.2 Å². The monoisotopic (exact) mass is 332 g/mol. The molecule has 0 radical (unpaired) electrons. The lowest BCUT2D eigenvalue weighted by Crippen LogP contribution is -2.46. The van der Waals surface area contributed by atoms with E-state index in [1.54, 1.807) is 6.20 Å². The maximum atomic E-state index is 12.6. The number of carbonyl (C=O) groups is 1. The smallest absolute Gasteiger partial charge is 0.257 e. The second-order valence-electron chi connectivity index (χ2n) is 5.11. The van der Waals surface area contributed by atoms with Gasteiger partial charge in [-0.25, -0.2) is 4.98 Å². The molecule has 2 saturated heterocycles. The van der Waals surface area contributed by atoms with Crippen molar-refractivity contribution in [2.75, 3.05) is 44.2 Å². The summed E-state index contributed by atoms with van der Waals surface area (Å²) in [6.07, 6.45) is 4.16. The van der Waals surface area contributed by atoms with Gasteiger partial charge in [0, 0.05) is 45.5 Å². The molecule has 0 unspecified atom stereocenters. The molecule has 0 atom stereocenters. The summed E-state index contributed by atoms with van der Waals surface area (Å²) in [4.78, 5) is 21.2. The van der Waals surface area contributed by atoms with Gasteiger partial charge in [-0.1, -0.05) is 0 Å². The van der Waals surface area contributed by atoms with Crippen molar-refractivity contribution in [2.24, 2.45) is 0 Å². The van der Waals surface area contributed by atoms with Gasteiger partial charge in [0.05, 0.1) is 5.56 Å². The van der Waals surface area contributed by atoms with Gasteiger partial charge in [-0.2, -0.15) is 0 Å². The number of anilines is 1. The fraction of sp³-hybridized carbons (Fsp3) is 0.571. The first-order chi connectivity index (χ1) is 9.36. The van der Waals surface area contributed by atoms with Gasteiger partial charge in [-0.15, -0.1) is 24.8 Å². The van der Waals surface area contributed by atoms with Crippen molar-refractivity contribution in [1.29, 1.82) is 0 Å². The molecule has 1 N–H and O–H groups in total. The third kappa shape index (κ3) is 3.99. The van der Waals surface area contributed by atoms with Crippen molar-refractivity contribution in [3.8, 4) is 0 Å². The Morgan fingerprint density at radius 2 is 1.76 bits per heavy atom. The topological polar surface area (TPSA) is 48.5 Å². The summed E-state index contributed by atoms with van der Waals surface area (Å²) in [5.41, 5.74) is 0.756. The first kappa shape index (κ1) is 18.0. The lowest BCUT2D eigenvalue weighted by atomic mass is 10.2. The molecule has 1 aromatic heterocycles. The average Bonchev–Trinajstić information content (AvgIpc) is 3.01. The molecule has 2 aliphatic heterocycles. The number of aromatic nitrogens is 1. The normalized spacial score (nSPS) is 17.9. The van der Waals surface area contributed by atoms with Gasteiger partial charge in [0.1, 0.15) is 5.82 Å². The average molecular weight is 333 g/mol. The molecule has 0 saturated carbocycles. The molecule has 7 heteroatoms. The number of piperazine rings is 1. The number of pyridine rings is 1. The van der Waals surface area contributed by atoms with Crippen LogP contribution in [-0.2, 0) is 0 Å². The second-order valence-corrected chi connectivity index (χ2v) is 5.11. The van der Waals surface area contributed by atoms with E-state index in [2.05, 4.69) is 15.2 Å². The van der Waals surface area contributed by atoms with Gasteiger partial charge in [-0.05, 0) is 25.0 Å². The van der Waals surface area contributed by atoms with E-state index in [0.29, 0.717) is 0 Å². The third-order valence-corrected chi connectivity index (χ3v) is 3.83. The highest BCUT2D eigenvalue weighted by atomic mass is 35.5. The van der Waals surface area contributed by atoms with Crippen LogP contribution in [0, 0.1) is 0 Å². The predicted octanol–water partition coefficient (Wildman–Crippen LogP) is 1.57. The zero-order valence-electron chi connectivity index (χ0n) is 12.0. The number of hydrogen-bond donors (Lipinski definition) is 1. The van der Waals surface area contributed by atoms with Crippen molar-refractivity contribution in [2.45, 2.75) is 12.8 Å². The van der Waals surface area contributed by atoms with Crippen LogP contribution in [0.25, 0.3) is 0 Å². The minimum atomic E-state index is 0. The molecular formula is C14H22Cl2N4O. The number of nitrogens with one attached hydrogen (secondary N) is 1.